The van der Waals surface area contributed by atoms with Crippen molar-refractivity contribution in [3.05, 3.63) is 29.8 Å². The molecule has 3 aliphatic rings. The zero-order chi connectivity index (χ0) is 21.4. The molecule has 2 saturated carbocycles. The van der Waals surface area contributed by atoms with Crippen LogP contribution in [0.25, 0.3) is 0 Å². The van der Waals surface area contributed by atoms with Crippen LogP contribution >= 0.6 is 0 Å². The van der Waals surface area contributed by atoms with Gasteiger partial charge in [0.2, 0.25) is 0 Å². The summed E-state index contributed by atoms with van der Waals surface area (Å²) in [6, 6.07) is 7.38. The highest BCUT2D eigenvalue weighted by Gasteiger charge is 2.68. The number of fused-ring (bicyclic) bond motifs is 1. The molecule has 30 heavy (non-hydrogen) atoms. The first-order valence-corrected chi connectivity index (χ1v) is 10.7. The number of amides is 1. The van der Waals surface area contributed by atoms with E-state index in [2.05, 4.69) is 5.10 Å². The van der Waals surface area contributed by atoms with Gasteiger partial charge in [0.15, 0.2) is 6.61 Å². The van der Waals surface area contributed by atoms with Crippen LogP contribution in [0.15, 0.2) is 29.4 Å². The second-order valence-electron chi connectivity index (χ2n) is 8.51. The zero-order valence-corrected chi connectivity index (χ0v) is 16.8. The minimum Gasteiger partial charge on any atom is -0.484 e. The fourth-order valence-corrected chi connectivity index (χ4v) is 4.94. The summed E-state index contributed by atoms with van der Waals surface area (Å²) in [4.78, 5) is 12.6. The molecule has 0 spiro atoms. The Morgan fingerprint density at radius 3 is 2.43 bits per heavy atom. The number of hydrogen-bond acceptors (Lipinski definition) is 4. The Balaban J connectivity index is 1.43. The molecule has 2 atom stereocenters. The molecule has 1 amide bonds. The van der Waals surface area contributed by atoms with Gasteiger partial charge < -0.3 is 9.84 Å². The summed E-state index contributed by atoms with van der Waals surface area (Å²) in [7, 11) is 0. The highest BCUT2D eigenvalue weighted by molar-refractivity contribution is 5.93. The maximum atomic E-state index is 13.8. The number of benzene rings is 1. The third-order valence-corrected chi connectivity index (χ3v) is 6.59. The molecule has 1 heterocycles. The van der Waals surface area contributed by atoms with E-state index in [0.29, 0.717) is 30.9 Å². The normalized spacial score (nSPS) is 27.5. The van der Waals surface area contributed by atoms with E-state index in [1.54, 1.807) is 12.1 Å². The van der Waals surface area contributed by atoms with Gasteiger partial charge >= 0.3 is 6.18 Å². The average molecular weight is 424 g/mol. The summed E-state index contributed by atoms with van der Waals surface area (Å²) in [6.07, 6.45) is 2.80. The summed E-state index contributed by atoms with van der Waals surface area (Å²) < 4.78 is 46.7. The van der Waals surface area contributed by atoms with Crippen molar-refractivity contribution >= 4 is 11.6 Å². The van der Waals surface area contributed by atoms with Crippen LogP contribution in [0.5, 0.6) is 5.75 Å². The second kappa shape index (κ2) is 8.21. The van der Waals surface area contributed by atoms with Crippen molar-refractivity contribution in [2.75, 3.05) is 6.61 Å². The lowest BCUT2D eigenvalue weighted by Gasteiger charge is -2.38. The Morgan fingerprint density at radius 2 is 1.77 bits per heavy atom. The lowest BCUT2D eigenvalue weighted by Crippen LogP contribution is -2.62. The van der Waals surface area contributed by atoms with E-state index in [9.17, 15) is 23.1 Å². The number of aliphatic hydroxyl groups is 1. The van der Waals surface area contributed by atoms with Crippen LogP contribution in [0.4, 0.5) is 13.2 Å². The summed E-state index contributed by atoms with van der Waals surface area (Å²) in [5.41, 5.74) is -1.84. The first-order valence-electron chi connectivity index (χ1n) is 10.7. The van der Waals surface area contributed by atoms with Crippen molar-refractivity contribution in [3.8, 4) is 5.75 Å². The Labute approximate surface area is 173 Å². The van der Waals surface area contributed by atoms with E-state index in [0.717, 1.165) is 12.8 Å². The topological polar surface area (TPSA) is 62.1 Å². The smallest absolute Gasteiger partial charge is 0.439 e. The fourth-order valence-electron chi connectivity index (χ4n) is 4.94. The summed E-state index contributed by atoms with van der Waals surface area (Å²) >= 11 is 0. The maximum Gasteiger partial charge on any atom is 0.439 e. The monoisotopic (exact) mass is 424 g/mol. The Morgan fingerprint density at radius 1 is 1.10 bits per heavy atom. The van der Waals surface area contributed by atoms with Gasteiger partial charge in [-0.2, -0.15) is 23.3 Å². The predicted molar refractivity (Wildman–Crippen MR) is 105 cm³/mol. The number of rotatable bonds is 4. The van der Waals surface area contributed by atoms with Crippen LogP contribution in [-0.2, 0) is 4.79 Å². The molecule has 1 N–H and O–H groups in total. The van der Waals surface area contributed by atoms with Crippen LogP contribution < -0.4 is 4.74 Å². The number of ether oxygens (including phenoxy) is 1. The minimum absolute atomic E-state index is 0.155. The Kier molecular flexibility index (Phi) is 5.79. The van der Waals surface area contributed by atoms with E-state index < -0.39 is 30.3 Å². The van der Waals surface area contributed by atoms with Crippen molar-refractivity contribution in [2.45, 2.75) is 75.6 Å². The zero-order valence-electron chi connectivity index (χ0n) is 16.8. The van der Waals surface area contributed by atoms with E-state index in [1.165, 1.54) is 24.8 Å². The molecule has 2 fully saturated rings. The van der Waals surface area contributed by atoms with Gasteiger partial charge in [-0.15, -0.1) is 0 Å². The number of carbonyl (C=O) groups excluding carboxylic acids is 1. The lowest BCUT2D eigenvalue weighted by molar-refractivity contribution is -0.317. The second-order valence-corrected chi connectivity index (χ2v) is 8.51. The molecule has 0 radical (unpaired) electrons. The molecule has 1 aromatic carbocycles. The van der Waals surface area contributed by atoms with Crippen molar-refractivity contribution in [1.82, 2.24) is 5.01 Å². The molecule has 0 saturated heterocycles. The molecular weight excluding hydrogens is 397 g/mol. The SMILES string of the molecule is O=C(COc1ccc(C2CCCCC2)cc1)N1N=C2CCCC[C@H]2[C@@]1(O)C(F)(F)F. The van der Waals surface area contributed by atoms with E-state index in [-0.39, 0.29) is 17.1 Å². The summed E-state index contributed by atoms with van der Waals surface area (Å²) in [6.45, 7) is -0.620. The van der Waals surface area contributed by atoms with Crippen molar-refractivity contribution in [1.29, 1.82) is 0 Å². The Bertz CT molecular complexity index is 803. The molecule has 1 aliphatic heterocycles. The highest BCUT2D eigenvalue weighted by atomic mass is 19.4. The number of nitrogens with zero attached hydrogens (tertiary/aromatic N) is 2. The summed E-state index contributed by atoms with van der Waals surface area (Å²) in [5, 5.41) is 14.6. The van der Waals surface area contributed by atoms with E-state index in [1.807, 2.05) is 12.1 Å². The Hall–Kier alpha value is -2.09. The average Bonchev–Trinajstić information content (AvgIpc) is 3.07. The van der Waals surface area contributed by atoms with Gasteiger partial charge in [-0.1, -0.05) is 37.8 Å². The number of alkyl halides is 3. The van der Waals surface area contributed by atoms with Gasteiger partial charge in [0, 0.05) is 5.71 Å². The standard InChI is InChI=1S/C22H27F3N2O3/c23-22(24,25)21(29)18-8-4-5-9-19(18)26-27(21)20(28)14-30-17-12-10-16(11-13-17)15-6-2-1-3-7-15/h10-13,15,18,29H,1-9,14H2/t18-,21-/m1/s1. The quantitative estimate of drug-likeness (QED) is 0.759. The van der Waals surface area contributed by atoms with Crippen molar-refractivity contribution in [2.24, 2.45) is 11.0 Å². The lowest BCUT2D eigenvalue weighted by atomic mass is 9.80. The third-order valence-electron chi connectivity index (χ3n) is 6.59. The molecule has 0 unspecified atom stereocenters. The number of hydrazone groups is 1. The number of hydrogen-bond donors (Lipinski definition) is 1. The third kappa shape index (κ3) is 3.82. The van der Waals surface area contributed by atoms with Crippen LogP contribution in [0.1, 0.15) is 69.3 Å². The highest BCUT2D eigenvalue weighted by Crippen LogP contribution is 2.48. The molecule has 8 heteroatoms. The van der Waals surface area contributed by atoms with Gasteiger partial charge in [0.05, 0.1) is 5.92 Å². The molecule has 0 aromatic heterocycles. The van der Waals surface area contributed by atoms with Gasteiger partial charge in [-0.25, -0.2) is 0 Å². The molecule has 2 aliphatic carbocycles. The van der Waals surface area contributed by atoms with Crippen LogP contribution in [0.2, 0.25) is 0 Å². The number of halogens is 3. The largest absolute Gasteiger partial charge is 0.484 e. The maximum absolute atomic E-state index is 13.8. The predicted octanol–water partition coefficient (Wildman–Crippen LogP) is 4.75. The van der Waals surface area contributed by atoms with Gasteiger partial charge in [0.25, 0.3) is 11.6 Å². The van der Waals surface area contributed by atoms with Crippen molar-refractivity contribution < 1.29 is 27.8 Å². The van der Waals surface area contributed by atoms with Crippen molar-refractivity contribution in [3.63, 3.8) is 0 Å². The first kappa shape index (κ1) is 21.2. The van der Waals surface area contributed by atoms with Crippen LogP contribution in [0.3, 0.4) is 0 Å². The molecule has 5 nitrogen and oxygen atoms in total. The van der Waals surface area contributed by atoms with Gasteiger partial charge in [-0.3, -0.25) is 4.79 Å². The van der Waals surface area contributed by atoms with Gasteiger partial charge in [-0.05, 0) is 55.7 Å². The van der Waals surface area contributed by atoms with Gasteiger partial charge in [0.1, 0.15) is 5.75 Å². The van der Waals surface area contributed by atoms with E-state index >= 15 is 0 Å². The van der Waals surface area contributed by atoms with Crippen LogP contribution in [-0.4, -0.2) is 40.2 Å². The van der Waals surface area contributed by atoms with E-state index in [4.69, 9.17) is 4.74 Å². The molecule has 164 valence electrons. The first-order chi connectivity index (χ1) is 14.3. The molecule has 0 bridgehead atoms. The minimum atomic E-state index is -5.00. The molecular formula is C22H27F3N2O3. The summed E-state index contributed by atoms with van der Waals surface area (Å²) in [5.74, 6) is -1.28. The number of carbonyl (C=O) groups is 1. The fraction of sp³-hybridized carbons (Fsp3) is 0.636. The van der Waals surface area contributed by atoms with Crippen LogP contribution in [0, 0.1) is 5.92 Å². The molecule has 1 aromatic rings. The molecule has 4 rings (SSSR count).